The smallest absolute Gasteiger partial charge is 0.267 e. The molecule has 0 fully saturated rings. The molecule has 0 radical (unpaired) electrons. The van der Waals surface area contributed by atoms with E-state index in [1.165, 1.54) is 48.7 Å². The average molecular weight is 386 g/mol. The van der Waals surface area contributed by atoms with Crippen molar-refractivity contribution < 1.29 is 24.3 Å². The Kier molecular flexibility index (Phi) is 4.36. The lowest BCUT2D eigenvalue weighted by molar-refractivity contribution is -0.255. The van der Waals surface area contributed by atoms with E-state index in [-0.39, 0.29) is 33.8 Å². The number of hydrogen-bond donors (Lipinski definition) is 1. The third kappa shape index (κ3) is 3.23. The van der Waals surface area contributed by atoms with Crippen molar-refractivity contribution in [1.29, 1.82) is 0 Å². The van der Waals surface area contributed by atoms with Crippen LogP contribution in [0.15, 0.2) is 66.9 Å². The Labute approximate surface area is 164 Å². The molecule has 1 N–H and O–H groups in total. The predicted molar refractivity (Wildman–Crippen MR) is 101 cm³/mol. The average Bonchev–Trinajstić information content (AvgIpc) is 2.98. The molecule has 1 aliphatic heterocycles. The first-order valence-electron chi connectivity index (χ1n) is 8.52. The van der Waals surface area contributed by atoms with Gasteiger partial charge in [0.1, 0.15) is 5.82 Å². The maximum atomic E-state index is 12.7. The van der Waals surface area contributed by atoms with E-state index in [4.69, 9.17) is 0 Å². The van der Waals surface area contributed by atoms with Gasteiger partial charge in [-0.15, -0.1) is 0 Å². The molecule has 0 spiro atoms. The molecule has 8 nitrogen and oxygen atoms in total. The van der Waals surface area contributed by atoms with E-state index >= 15 is 0 Å². The van der Waals surface area contributed by atoms with Gasteiger partial charge in [-0.25, -0.2) is 9.88 Å². The van der Waals surface area contributed by atoms with Gasteiger partial charge in [-0.3, -0.25) is 14.4 Å². The lowest BCUT2D eigenvalue weighted by atomic mass is 10.1. The highest BCUT2D eigenvalue weighted by atomic mass is 16.4. The van der Waals surface area contributed by atoms with Crippen LogP contribution in [0.3, 0.4) is 0 Å². The molecule has 0 aliphatic carbocycles. The summed E-state index contributed by atoms with van der Waals surface area (Å²) in [5.41, 5.74) is 0.595. The fourth-order valence-electron chi connectivity index (χ4n) is 3.00. The monoisotopic (exact) mass is 386 g/mol. The SMILES string of the molecule is O=C([O-])c1cccc(NC(=O)c2ccc3c(c2)C(=O)N(c2ccccn2)C3=O)c1. The van der Waals surface area contributed by atoms with Gasteiger partial charge in [0.05, 0.1) is 17.1 Å². The van der Waals surface area contributed by atoms with Gasteiger partial charge in [0.2, 0.25) is 0 Å². The number of fused-ring (bicyclic) bond motifs is 1. The molecule has 8 heteroatoms. The standard InChI is InChI=1S/C21H13N3O5/c25-18(23-14-5-3-4-13(10-14)21(28)29)12-7-8-15-16(11-12)20(27)24(19(15)26)17-6-1-2-9-22-17/h1-11H,(H,23,25)(H,28,29)/p-1. The molecular formula is C21H12N3O5-. The van der Waals surface area contributed by atoms with Crippen molar-refractivity contribution >= 4 is 35.2 Å². The number of carboxylic acid groups (broad SMARTS) is 1. The van der Waals surface area contributed by atoms with Crippen LogP contribution in [0.2, 0.25) is 0 Å². The van der Waals surface area contributed by atoms with Crippen LogP contribution in [-0.2, 0) is 0 Å². The lowest BCUT2D eigenvalue weighted by Gasteiger charge is -2.11. The summed E-state index contributed by atoms with van der Waals surface area (Å²) in [5.74, 6) is -2.81. The van der Waals surface area contributed by atoms with Gasteiger partial charge in [-0.1, -0.05) is 18.2 Å². The van der Waals surface area contributed by atoms with Gasteiger partial charge in [-0.2, -0.15) is 0 Å². The summed E-state index contributed by atoms with van der Waals surface area (Å²) < 4.78 is 0. The van der Waals surface area contributed by atoms with Crippen LogP contribution < -0.4 is 15.3 Å². The Bertz CT molecular complexity index is 1170. The molecule has 1 aromatic heterocycles. The third-order valence-electron chi connectivity index (χ3n) is 4.38. The minimum atomic E-state index is -1.36. The number of rotatable bonds is 4. The van der Waals surface area contributed by atoms with E-state index in [0.29, 0.717) is 0 Å². The normalized spacial score (nSPS) is 12.6. The van der Waals surface area contributed by atoms with Crippen LogP contribution >= 0.6 is 0 Å². The summed E-state index contributed by atoms with van der Waals surface area (Å²) >= 11 is 0. The highest BCUT2D eigenvalue weighted by Crippen LogP contribution is 2.28. The number of carbonyl (C=O) groups excluding carboxylic acids is 4. The molecule has 142 valence electrons. The summed E-state index contributed by atoms with van der Waals surface area (Å²) in [5, 5.41) is 13.5. The number of anilines is 2. The zero-order chi connectivity index (χ0) is 20.5. The largest absolute Gasteiger partial charge is 0.545 e. The van der Waals surface area contributed by atoms with E-state index in [0.717, 1.165) is 4.90 Å². The summed E-state index contributed by atoms with van der Waals surface area (Å²) in [4.78, 5) is 53.8. The Hall–Kier alpha value is -4.33. The maximum absolute atomic E-state index is 12.7. The highest BCUT2D eigenvalue weighted by molar-refractivity contribution is 6.34. The molecule has 29 heavy (non-hydrogen) atoms. The molecule has 3 aromatic rings. The minimum absolute atomic E-state index is 0.0801. The number of nitrogens with zero attached hydrogens (tertiary/aromatic N) is 2. The van der Waals surface area contributed by atoms with Crippen molar-refractivity contribution in [3.63, 3.8) is 0 Å². The molecule has 0 saturated carbocycles. The Morgan fingerprint density at radius 1 is 0.862 bits per heavy atom. The fraction of sp³-hybridized carbons (Fsp3) is 0. The first-order valence-corrected chi connectivity index (χ1v) is 8.52. The summed E-state index contributed by atoms with van der Waals surface area (Å²) in [6.45, 7) is 0. The van der Waals surface area contributed by atoms with Gasteiger partial charge < -0.3 is 15.2 Å². The summed E-state index contributed by atoms with van der Waals surface area (Å²) in [6.07, 6.45) is 1.47. The first-order chi connectivity index (χ1) is 14.0. The molecule has 2 aromatic carbocycles. The van der Waals surface area contributed by atoms with Crippen molar-refractivity contribution in [2.75, 3.05) is 10.2 Å². The Morgan fingerprint density at radius 3 is 2.38 bits per heavy atom. The molecule has 2 heterocycles. The van der Waals surface area contributed by atoms with Crippen LogP contribution in [-0.4, -0.2) is 28.7 Å². The van der Waals surface area contributed by atoms with Crippen molar-refractivity contribution in [3.8, 4) is 0 Å². The third-order valence-corrected chi connectivity index (χ3v) is 4.38. The van der Waals surface area contributed by atoms with Crippen LogP contribution in [0.1, 0.15) is 41.4 Å². The second kappa shape index (κ2) is 7.01. The number of aromatic nitrogens is 1. The van der Waals surface area contributed by atoms with E-state index in [9.17, 15) is 24.3 Å². The molecule has 0 bridgehead atoms. The van der Waals surface area contributed by atoms with Gasteiger partial charge in [0.15, 0.2) is 0 Å². The number of imide groups is 1. The summed E-state index contributed by atoms with van der Waals surface area (Å²) in [6, 6.07) is 14.6. The molecule has 0 atom stereocenters. The van der Waals surface area contributed by atoms with Crippen molar-refractivity contribution in [3.05, 3.63) is 89.1 Å². The summed E-state index contributed by atoms with van der Waals surface area (Å²) in [7, 11) is 0. The molecule has 4 rings (SSSR count). The lowest BCUT2D eigenvalue weighted by Crippen LogP contribution is -2.30. The first kappa shape index (κ1) is 18.1. The van der Waals surface area contributed by atoms with Crippen molar-refractivity contribution in [2.45, 2.75) is 0 Å². The molecule has 1 aliphatic rings. The number of nitrogens with one attached hydrogen (secondary N) is 1. The quantitative estimate of drug-likeness (QED) is 0.679. The molecular weight excluding hydrogens is 374 g/mol. The van der Waals surface area contributed by atoms with E-state index in [1.807, 2.05) is 0 Å². The number of carboxylic acids is 1. The molecule has 3 amide bonds. The van der Waals surface area contributed by atoms with Gasteiger partial charge in [-0.05, 0) is 48.0 Å². The van der Waals surface area contributed by atoms with Gasteiger partial charge in [0, 0.05) is 17.4 Å². The number of pyridine rings is 1. The number of carbonyl (C=O) groups is 4. The molecule has 0 saturated heterocycles. The maximum Gasteiger partial charge on any atom is 0.267 e. The highest BCUT2D eigenvalue weighted by Gasteiger charge is 2.37. The number of benzene rings is 2. The second-order valence-electron chi connectivity index (χ2n) is 6.22. The van der Waals surface area contributed by atoms with Crippen LogP contribution in [0.5, 0.6) is 0 Å². The number of hydrogen-bond acceptors (Lipinski definition) is 6. The van der Waals surface area contributed by atoms with E-state index < -0.39 is 23.7 Å². The fourth-order valence-corrected chi connectivity index (χ4v) is 3.00. The predicted octanol–water partition coefficient (Wildman–Crippen LogP) is 1.50. The topological polar surface area (TPSA) is 119 Å². The van der Waals surface area contributed by atoms with Crippen molar-refractivity contribution in [2.24, 2.45) is 0 Å². The van der Waals surface area contributed by atoms with Crippen molar-refractivity contribution in [1.82, 2.24) is 4.98 Å². The number of aromatic carboxylic acids is 1. The second-order valence-corrected chi connectivity index (χ2v) is 6.22. The van der Waals surface area contributed by atoms with E-state index in [2.05, 4.69) is 10.3 Å². The van der Waals surface area contributed by atoms with E-state index in [1.54, 1.807) is 18.2 Å². The Balaban J connectivity index is 1.61. The van der Waals surface area contributed by atoms with Gasteiger partial charge in [0.25, 0.3) is 17.7 Å². The Morgan fingerprint density at radius 2 is 1.66 bits per heavy atom. The van der Waals surface area contributed by atoms with Crippen LogP contribution in [0.25, 0.3) is 0 Å². The minimum Gasteiger partial charge on any atom is -0.545 e. The zero-order valence-corrected chi connectivity index (χ0v) is 14.8. The number of amides is 3. The van der Waals surface area contributed by atoms with Crippen LogP contribution in [0.4, 0.5) is 11.5 Å². The zero-order valence-electron chi connectivity index (χ0n) is 14.8. The molecule has 0 unspecified atom stereocenters. The van der Waals surface area contributed by atoms with Gasteiger partial charge >= 0.3 is 0 Å². The van der Waals surface area contributed by atoms with Crippen LogP contribution in [0, 0.1) is 0 Å².